The van der Waals surface area contributed by atoms with Gasteiger partial charge in [-0.3, -0.25) is 9.59 Å². The van der Waals surface area contributed by atoms with Crippen LogP contribution in [0.5, 0.6) is 5.75 Å². The Kier molecular flexibility index (Phi) is 13.1. The number of halogens is 1. The summed E-state index contributed by atoms with van der Waals surface area (Å²) in [6.45, 7) is 8.44. The molecular formula is C30H44BrN3O3. The number of para-hydroxylation sites is 1. The van der Waals surface area contributed by atoms with Gasteiger partial charge >= 0.3 is 0 Å². The molecule has 1 aliphatic rings. The zero-order chi connectivity index (χ0) is 25.8. The maximum absolute atomic E-state index is 12.9. The number of piperidine rings is 1. The number of nitrogens with one attached hydrogen (secondary N) is 2. The number of likely N-dealkylation sites (tertiary alicyclic amines) is 1. The van der Waals surface area contributed by atoms with Crippen molar-refractivity contribution in [3.8, 4) is 5.75 Å². The highest BCUT2D eigenvalue weighted by atomic mass is 79.9. The van der Waals surface area contributed by atoms with E-state index in [0.717, 1.165) is 43.3 Å². The van der Waals surface area contributed by atoms with Crippen LogP contribution in [-0.2, 0) is 0 Å². The Morgan fingerprint density at radius 2 is 1.57 bits per heavy atom. The number of nitrogens with zero attached hydrogens (tertiary/aromatic N) is 1. The molecule has 0 aliphatic carbocycles. The maximum atomic E-state index is 12.9. The molecule has 0 saturated carbocycles. The van der Waals surface area contributed by atoms with Crippen molar-refractivity contribution in [3.63, 3.8) is 0 Å². The highest BCUT2D eigenvalue weighted by Crippen LogP contribution is 2.21. The van der Waals surface area contributed by atoms with Crippen molar-refractivity contribution in [2.75, 3.05) is 38.6 Å². The van der Waals surface area contributed by atoms with Crippen LogP contribution >= 0.6 is 0 Å². The van der Waals surface area contributed by atoms with Crippen molar-refractivity contribution in [2.24, 2.45) is 0 Å². The van der Waals surface area contributed by atoms with Gasteiger partial charge in [0, 0.05) is 30.1 Å². The Morgan fingerprint density at radius 1 is 0.892 bits per heavy atom. The number of ether oxygens (including phenoxy) is 1. The van der Waals surface area contributed by atoms with Gasteiger partial charge < -0.3 is 36.8 Å². The van der Waals surface area contributed by atoms with Gasteiger partial charge in [-0.15, -0.1) is 0 Å². The van der Waals surface area contributed by atoms with E-state index in [0.29, 0.717) is 29.2 Å². The molecule has 1 aliphatic heterocycles. The predicted molar refractivity (Wildman–Crippen MR) is 147 cm³/mol. The topological polar surface area (TPSA) is 67.4 Å². The molecule has 0 radical (unpaired) electrons. The van der Waals surface area contributed by atoms with Crippen molar-refractivity contribution < 1.29 is 35.8 Å². The third-order valence-electron chi connectivity index (χ3n) is 7.18. The number of hydrogen-bond acceptors (Lipinski definition) is 3. The molecule has 6 nitrogen and oxygen atoms in total. The molecular weight excluding hydrogens is 530 g/mol. The molecule has 0 atom stereocenters. The molecule has 1 fully saturated rings. The number of anilines is 1. The van der Waals surface area contributed by atoms with Crippen LogP contribution in [0.2, 0.25) is 0 Å². The van der Waals surface area contributed by atoms with Crippen LogP contribution in [0.25, 0.3) is 0 Å². The van der Waals surface area contributed by atoms with E-state index in [1.54, 1.807) is 30.3 Å². The van der Waals surface area contributed by atoms with E-state index < -0.39 is 0 Å². The number of carbonyl (C=O) groups is 2. The fourth-order valence-corrected chi connectivity index (χ4v) is 4.94. The minimum atomic E-state index is -0.218. The Labute approximate surface area is 233 Å². The third kappa shape index (κ3) is 9.78. The number of rotatable bonds is 13. The molecule has 2 aromatic carbocycles. The zero-order valence-corrected chi connectivity index (χ0v) is 24.3. The second-order valence-corrected chi connectivity index (χ2v) is 10.3. The second-order valence-electron chi connectivity index (χ2n) is 10.3. The van der Waals surface area contributed by atoms with Gasteiger partial charge in [0.2, 0.25) is 0 Å². The number of amides is 2. The zero-order valence-electron chi connectivity index (χ0n) is 22.7. The monoisotopic (exact) mass is 573 g/mol. The summed E-state index contributed by atoms with van der Waals surface area (Å²) >= 11 is 0. The molecule has 2 aromatic rings. The van der Waals surface area contributed by atoms with Crippen LogP contribution in [0.3, 0.4) is 0 Å². The average Bonchev–Trinajstić information content (AvgIpc) is 2.88. The lowest BCUT2D eigenvalue weighted by Crippen LogP contribution is -3.00. The number of carbonyl (C=O) groups excluding carboxylic acids is 2. The van der Waals surface area contributed by atoms with E-state index in [-0.39, 0.29) is 34.8 Å². The number of unbranched alkanes of at least 4 members (excludes halogenated alkanes) is 4. The summed E-state index contributed by atoms with van der Waals surface area (Å²) in [4.78, 5) is 25.7. The van der Waals surface area contributed by atoms with E-state index in [2.05, 4.69) is 31.5 Å². The third-order valence-corrected chi connectivity index (χ3v) is 7.18. The van der Waals surface area contributed by atoms with Gasteiger partial charge in [0.1, 0.15) is 5.75 Å². The van der Waals surface area contributed by atoms with E-state index in [1.807, 2.05) is 18.2 Å². The maximum Gasteiger partial charge on any atom is 0.259 e. The first kappa shape index (κ1) is 30.8. The predicted octanol–water partition coefficient (Wildman–Crippen LogP) is 3.04. The lowest BCUT2D eigenvalue weighted by molar-refractivity contribution is -0.914. The van der Waals surface area contributed by atoms with Crippen LogP contribution in [0.1, 0.15) is 85.9 Å². The summed E-state index contributed by atoms with van der Waals surface area (Å²) in [5, 5.41) is 6.12. The first-order valence-corrected chi connectivity index (χ1v) is 13.7. The lowest BCUT2D eigenvalue weighted by Gasteiger charge is -2.40. The normalized spacial score (nSPS) is 18.9. The van der Waals surface area contributed by atoms with E-state index >= 15 is 0 Å². The Hall–Kier alpha value is -2.38. The van der Waals surface area contributed by atoms with Crippen molar-refractivity contribution in [1.29, 1.82) is 0 Å². The van der Waals surface area contributed by atoms with Gasteiger partial charge in [-0.25, -0.2) is 0 Å². The summed E-state index contributed by atoms with van der Waals surface area (Å²) in [7, 11) is 2.31. The van der Waals surface area contributed by atoms with Crippen molar-refractivity contribution in [2.45, 2.75) is 71.3 Å². The smallest absolute Gasteiger partial charge is 0.259 e. The summed E-state index contributed by atoms with van der Waals surface area (Å²) in [6.07, 6.45) is 9.01. The van der Waals surface area contributed by atoms with Crippen LogP contribution in [0.15, 0.2) is 48.5 Å². The minimum absolute atomic E-state index is 0. The molecule has 204 valence electrons. The molecule has 0 bridgehead atoms. The highest BCUT2D eigenvalue weighted by molar-refractivity contribution is 6.06. The van der Waals surface area contributed by atoms with E-state index in [9.17, 15) is 9.59 Å². The standard InChI is InChI=1S/C30H43N3O3.BrH/c1-4-6-7-8-11-23-36-28-13-10-9-12-27(28)30(35)32-25-16-14-24(15-17-25)29(34)31-26-18-21-33(3,20-5-2)22-19-26;/h9-10,12-17,26H,4-8,11,18-23H2,1-3H3,(H-,31,32,34,35);1H. The number of hydrogen-bond donors (Lipinski definition) is 2. The molecule has 1 saturated heterocycles. The molecule has 3 rings (SSSR count). The van der Waals surface area contributed by atoms with Gasteiger partial charge in [-0.2, -0.15) is 0 Å². The van der Waals surface area contributed by atoms with Gasteiger partial charge in [0.15, 0.2) is 0 Å². The fourth-order valence-electron chi connectivity index (χ4n) is 4.94. The quantitative estimate of drug-likeness (QED) is 0.286. The molecule has 37 heavy (non-hydrogen) atoms. The van der Waals surface area contributed by atoms with Crippen LogP contribution in [-0.4, -0.2) is 55.6 Å². The van der Waals surface area contributed by atoms with Crippen molar-refractivity contribution >= 4 is 17.5 Å². The van der Waals surface area contributed by atoms with Gasteiger partial charge in [-0.1, -0.05) is 51.7 Å². The van der Waals surface area contributed by atoms with Crippen LogP contribution in [0.4, 0.5) is 5.69 Å². The molecule has 7 heteroatoms. The number of quaternary nitrogens is 1. The Bertz CT molecular complexity index is 972. The lowest BCUT2D eigenvalue weighted by atomic mass is 10.0. The van der Waals surface area contributed by atoms with Gasteiger partial charge in [0.25, 0.3) is 11.8 Å². The molecule has 2 N–H and O–H groups in total. The van der Waals surface area contributed by atoms with Gasteiger partial charge in [0.05, 0.1) is 38.9 Å². The Morgan fingerprint density at radius 3 is 2.24 bits per heavy atom. The van der Waals surface area contributed by atoms with Crippen LogP contribution < -0.4 is 32.4 Å². The van der Waals surface area contributed by atoms with Crippen LogP contribution in [0, 0.1) is 0 Å². The second kappa shape index (κ2) is 15.8. The molecule has 0 unspecified atom stereocenters. The SMILES string of the molecule is CCCCCCCOc1ccccc1C(=O)Nc1ccc(C(=O)NC2CC[N+](C)(CCC)CC2)cc1.[Br-]. The minimum Gasteiger partial charge on any atom is -1.00 e. The van der Waals surface area contributed by atoms with Gasteiger partial charge in [-0.05, 0) is 49.2 Å². The first-order chi connectivity index (χ1) is 17.4. The largest absolute Gasteiger partial charge is 1.00 e. The molecule has 2 amide bonds. The summed E-state index contributed by atoms with van der Waals surface area (Å²) in [5.74, 6) is 0.328. The first-order valence-electron chi connectivity index (χ1n) is 13.7. The van der Waals surface area contributed by atoms with E-state index in [1.165, 1.54) is 32.2 Å². The van der Waals surface area contributed by atoms with Crippen molar-refractivity contribution in [1.82, 2.24) is 5.32 Å². The molecule has 1 heterocycles. The fraction of sp³-hybridized carbons (Fsp3) is 0.533. The summed E-state index contributed by atoms with van der Waals surface area (Å²) in [5.41, 5.74) is 1.77. The number of benzene rings is 2. The Balaban J connectivity index is 0.00000481. The average molecular weight is 575 g/mol. The van der Waals surface area contributed by atoms with E-state index in [4.69, 9.17) is 4.74 Å². The highest BCUT2D eigenvalue weighted by Gasteiger charge is 2.30. The van der Waals surface area contributed by atoms with Crippen molar-refractivity contribution in [3.05, 3.63) is 59.7 Å². The summed E-state index contributed by atoms with van der Waals surface area (Å²) in [6, 6.07) is 14.6. The summed E-state index contributed by atoms with van der Waals surface area (Å²) < 4.78 is 7.01. The molecule has 0 spiro atoms. The molecule has 0 aromatic heterocycles.